The maximum atomic E-state index is 5.43. The van der Waals surface area contributed by atoms with Gasteiger partial charge >= 0.3 is 0 Å². The first-order valence-corrected chi connectivity index (χ1v) is 5.99. The van der Waals surface area contributed by atoms with Crippen molar-refractivity contribution in [3.8, 4) is 0 Å². The van der Waals surface area contributed by atoms with E-state index in [2.05, 4.69) is 17.2 Å². The molecule has 14 heavy (non-hydrogen) atoms. The van der Waals surface area contributed by atoms with Crippen LogP contribution in [0.15, 0.2) is 11.7 Å². The van der Waals surface area contributed by atoms with Crippen molar-refractivity contribution in [2.75, 3.05) is 19.8 Å². The molecular formula is C10H16N2OS. The van der Waals surface area contributed by atoms with Crippen LogP contribution in [0.2, 0.25) is 0 Å². The third-order valence-corrected chi connectivity index (χ3v) is 3.48. The van der Waals surface area contributed by atoms with Crippen molar-refractivity contribution in [1.29, 1.82) is 0 Å². The fourth-order valence-corrected chi connectivity index (χ4v) is 2.70. The van der Waals surface area contributed by atoms with E-state index < -0.39 is 0 Å². The lowest BCUT2D eigenvalue weighted by Crippen LogP contribution is -2.27. The average molecular weight is 212 g/mol. The molecule has 2 heterocycles. The molecular weight excluding hydrogens is 196 g/mol. The number of aromatic nitrogens is 1. The van der Waals surface area contributed by atoms with Crippen molar-refractivity contribution in [1.82, 2.24) is 10.3 Å². The zero-order chi connectivity index (χ0) is 9.80. The number of hydrogen-bond donors (Lipinski definition) is 1. The first-order chi connectivity index (χ1) is 6.92. The molecule has 2 rings (SSSR count). The molecule has 0 aliphatic carbocycles. The Bertz CT molecular complexity index is 257. The molecule has 1 aliphatic heterocycles. The SMILES string of the molecule is CCNC(c1cncs1)C1CCOC1. The van der Waals surface area contributed by atoms with E-state index >= 15 is 0 Å². The van der Waals surface area contributed by atoms with Crippen LogP contribution in [-0.2, 0) is 4.74 Å². The zero-order valence-corrected chi connectivity index (χ0v) is 9.22. The summed E-state index contributed by atoms with van der Waals surface area (Å²) < 4.78 is 5.43. The van der Waals surface area contributed by atoms with Crippen molar-refractivity contribution in [2.24, 2.45) is 5.92 Å². The topological polar surface area (TPSA) is 34.2 Å². The summed E-state index contributed by atoms with van der Waals surface area (Å²) in [4.78, 5) is 5.47. The molecule has 2 unspecified atom stereocenters. The van der Waals surface area contributed by atoms with Crippen LogP contribution in [0.3, 0.4) is 0 Å². The van der Waals surface area contributed by atoms with Crippen LogP contribution in [0.5, 0.6) is 0 Å². The van der Waals surface area contributed by atoms with Crippen molar-refractivity contribution < 1.29 is 4.74 Å². The van der Waals surface area contributed by atoms with Gasteiger partial charge < -0.3 is 10.1 Å². The fraction of sp³-hybridized carbons (Fsp3) is 0.700. The molecule has 1 saturated heterocycles. The van der Waals surface area contributed by atoms with Crippen molar-refractivity contribution in [3.63, 3.8) is 0 Å². The summed E-state index contributed by atoms with van der Waals surface area (Å²) in [5, 5.41) is 3.52. The van der Waals surface area contributed by atoms with Gasteiger partial charge in [0.2, 0.25) is 0 Å². The van der Waals surface area contributed by atoms with Crippen LogP contribution in [-0.4, -0.2) is 24.7 Å². The Labute approximate surface area is 88.5 Å². The Morgan fingerprint density at radius 1 is 1.79 bits per heavy atom. The van der Waals surface area contributed by atoms with Gasteiger partial charge in [0, 0.05) is 29.6 Å². The summed E-state index contributed by atoms with van der Waals surface area (Å²) in [6.45, 7) is 4.93. The number of rotatable bonds is 4. The molecule has 0 bridgehead atoms. The number of nitrogens with one attached hydrogen (secondary N) is 1. The molecule has 0 aromatic carbocycles. The summed E-state index contributed by atoms with van der Waals surface area (Å²) in [6.07, 6.45) is 3.13. The van der Waals surface area contributed by atoms with E-state index in [1.54, 1.807) is 11.3 Å². The molecule has 1 aromatic rings. The Kier molecular flexibility index (Phi) is 3.50. The summed E-state index contributed by atoms with van der Waals surface area (Å²) in [5.74, 6) is 0.621. The van der Waals surface area contributed by atoms with E-state index in [9.17, 15) is 0 Å². The van der Waals surface area contributed by atoms with Gasteiger partial charge in [0.05, 0.1) is 12.1 Å². The van der Waals surface area contributed by atoms with E-state index in [1.807, 2.05) is 11.7 Å². The van der Waals surface area contributed by atoms with Gasteiger partial charge in [0.25, 0.3) is 0 Å². The Hall–Kier alpha value is -0.450. The zero-order valence-electron chi connectivity index (χ0n) is 8.40. The lowest BCUT2D eigenvalue weighted by Gasteiger charge is -2.21. The van der Waals surface area contributed by atoms with Crippen molar-refractivity contribution >= 4 is 11.3 Å². The predicted octanol–water partition coefficient (Wildman–Crippen LogP) is 1.83. The van der Waals surface area contributed by atoms with Crippen LogP contribution in [0.4, 0.5) is 0 Å². The highest BCUT2D eigenvalue weighted by atomic mass is 32.1. The molecule has 0 spiro atoms. The largest absolute Gasteiger partial charge is 0.381 e. The maximum absolute atomic E-state index is 5.43. The van der Waals surface area contributed by atoms with Crippen LogP contribution in [0.25, 0.3) is 0 Å². The summed E-state index contributed by atoms with van der Waals surface area (Å²) in [7, 11) is 0. The second kappa shape index (κ2) is 4.87. The Balaban J connectivity index is 2.06. The highest BCUT2D eigenvalue weighted by Gasteiger charge is 2.27. The molecule has 2 atom stereocenters. The summed E-state index contributed by atoms with van der Waals surface area (Å²) in [5.41, 5.74) is 1.90. The summed E-state index contributed by atoms with van der Waals surface area (Å²) >= 11 is 1.73. The first kappa shape index (κ1) is 10.1. The minimum Gasteiger partial charge on any atom is -0.381 e. The van der Waals surface area contributed by atoms with Gasteiger partial charge in [-0.05, 0) is 13.0 Å². The molecule has 3 nitrogen and oxygen atoms in total. The van der Waals surface area contributed by atoms with E-state index in [0.717, 1.165) is 26.2 Å². The molecule has 78 valence electrons. The monoisotopic (exact) mass is 212 g/mol. The molecule has 1 aromatic heterocycles. The predicted molar refractivity (Wildman–Crippen MR) is 57.5 cm³/mol. The fourth-order valence-electron chi connectivity index (χ4n) is 1.91. The molecule has 1 N–H and O–H groups in total. The average Bonchev–Trinajstić information content (AvgIpc) is 2.87. The van der Waals surface area contributed by atoms with Gasteiger partial charge in [0.1, 0.15) is 0 Å². The highest BCUT2D eigenvalue weighted by molar-refractivity contribution is 7.09. The van der Waals surface area contributed by atoms with Gasteiger partial charge in [-0.2, -0.15) is 0 Å². The van der Waals surface area contributed by atoms with E-state index in [0.29, 0.717) is 12.0 Å². The van der Waals surface area contributed by atoms with E-state index in [1.165, 1.54) is 4.88 Å². The number of hydrogen-bond acceptors (Lipinski definition) is 4. The minimum atomic E-state index is 0.440. The Morgan fingerprint density at radius 2 is 2.71 bits per heavy atom. The highest BCUT2D eigenvalue weighted by Crippen LogP contribution is 2.30. The van der Waals surface area contributed by atoms with E-state index in [-0.39, 0.29) is 0 Å². The normalized spacial score (nSPS) is 23.9. The number of nitrogens with zero attached hydrogens (tertiary/aromatic N) is 1. The van der Waals surface area contributed by atoms with Gasteiger partial charge in [-0.3, -0.25) is 4.98 Å². The second-order valence-electron chi connectivity index (χ2n) is 3.56. The van der Waals surface area contributed by atoms with Gasteiger partial charge in [-0.25, -0.2) is 0 Å². The van der Waals surface area contributed by atoms with Gasteiger partial charge in [0.15, 0.2) is 0 Å². The van der Waals surface area contributed by atoms with Crippen LogP contribution >= 0.6 is 11.3 Å². The quantitative estimate of drug-likeness (QED) is 0.827. The lowest BCUT2D eigenvalue weighted by atomic mass is 9.98. The molecule has 0 saturated carbocycles. The van der Waals surface area contributed by atoms with Crippen molar-refractivity contribution in [3.05, 3.63) is 16.6 Å². The molecule has 0 amide bonds. The minimum absolute atomic E-state index is 0.440. The van der Waals surface area contributed by atoms with Gasteiger partial charge in [-0.15, -0.1) is 11.3 Å². The van der Waals surface area contributed by atoms with Crippen LogP contribution in [0.1, 0.15) is 24.3 Å². The maximum Gasteiger partial charge on any atom is 0.0794 e. The third kappa shape index (κ3) is 2.13. The third-order valence-electron chi connectivity index (χ3n) is 2.62. The molecule has 4 heteroatoms. The Morgan fingerprint density at radius 3 is 3.29 bits per heavy atom. The number of ether oxygens (including phenoxy) is 1. The molecule has 1 fully saturated rings. The molecule has 0 radical (unpaired) electrons. The number of thiazole rings is 1. The van der Waals surface area contributed by atoms with Crippen LogP contribution < -0.4 is 5.32 Å². The molecule has 1 aliphatic rings. The second-order valence-corrected chi connectivity index (χ2v) is 4.48. The first-order valence-electron chi connectivity index (χ1n) is 5.11. The smallest absolute Gasteiger partial charge is 0.0794 e. The van der Waals surface area contributed by atoms with Gasteiger partial charge in [-0.1, -0.05) is 6.92 Å². The van der Waals surface area contributed by atoms with Crippen molar-refractivity contribution in [2.45, 2.75) is 19.4 Å². The lowest BCUT2D eigenvalue weighted by molar-refractivity contribution is 0.177. The summed E-state index contributed by atoms with van der Waals surface area (Å²) in [6, 6.07) is 0.440. The standard InChI is InChI=1S/C10H16N2OS/c1-2-12-10(8-3-4-13-6-8)9-5-11-7-14-9/h5,7-8,10,12H,2-4,6H2,1H3. The van der Waals surface area contributed by atoms with E-state index in [4.69, 9.17) is 4.74 Å². The van der Waals surface area contributed by atoms with Crippen LogP contribution in [0, 0.1) is 5.92 Å².